The van der Waals surface area contributed by atoms with Crippen LogP contribution in [-0.2, 0) is 4.74 Å². The molecule has 86 valence electrons. The maximum absolute atomic E-state index is 11.5. The van der Waals surface area contributed by atoms with Crippen molar-refractivity contribution in [2.75, 3.05) is 13.1 Å². The molecule has 0 spiro atoms. The van der Waals surface area contributed by atoms with Crippen LogP contribution in [0.1, 0.15) is 27.2 Å². The Hall–Kier alpha value is -0.770. The van der Waals surface area contributed by atoms with E-state index >= 15 is 0 Å². The molecule has 0 bridgehead atoms. The van der Waals surface area contributed by atoms with E-state index in [0.29, 0.717) is 17.9 Å². The van der Waals surface area contributed by atoms with Crippen molar-refractivity contribution in [2.24, 2.45) is 11.8 Å². The van der Waals surface area contributed by atoms with Crippen LogP contribution in [0.2, 0.25) is 0 Å². The first-order chi connectivity index (χ1) is 6.97. The van der Waals surface area contributed by atoms with E-state index in [1.165, 1.54) is 6.42 Å². The van der Waals surface area contributed by atoms with Gasteiger partial charge in [-0.15, -0.1) is 0 Å². The van der Waals surface area contributed by atoms with Gasteiger partial charge in [0.2, 0.25) is 0 Å². The molecule has 0 aromatic rings. The number of carbonyl (C=O) groups is 1. The molecule has 0 radical (unpaired) electrons. The van der Waals surface area contributed by atoms with Crippen molar-refractivity contribution in [3.05, 3.63) is 0 Å². The molecule has 2 rings (SSSR count). The lowest BCUT2D eigenvalue weighted by molar-refractivity contribution is 0.0519. The van der Waals surface area contributed by atoms with Gasteiger partial charge in [0, 0.05) is 12.6 Å². The van der Waals surface area contributed by atoms with Crippen molar-refractivity contribution in [1.82, 2.24) is 10.6 Å². The Morgan fingerprint density at radius 2 is 2.13 bits per heavy atom. The summed E-state index contributed by atoms with van der Waals surface area (Å²) in [7, 11) is 0. The van der Waals surface area contributed by atoms with Crippen molar-refractivity contribution < 1.29 is 9.53 Å². The van der Waals surface area contributed by atoms with Crippen LogP contribution >= 0.6 is 0 Å². The maximum Gasteiger partial charge on any atom is 0.407 e. The van der Waals surface area contributed by atoms with Crippen molar-refractivity contribution in [1.29, 1.82) is 0 Å². The average molecular weight is 212 g/mol. The van der Waals surface area contributed by atoms with Gasteiger partial charge in [-0.25, -0.2) is 4.79 Å². The summed E-state index contributed by atoms with van der Waals surface area (Å²) in [6.07, 6.45) is 0.896. The maximum atomic E-state index is 11.5. The summed E-state index contributed by atoms with van der Waals surface area (Å²) in [5, 5.41) is 6.29. The Balaban J connectivity index is 1.76. The number of carbonyl (C=O) groups excluding carboxylic acids is 1. The third-order valence-corrected chi connectivity index (χ3v) is 3.05. The average Bonchev–Trinajstić information content (AvgIpc) is 2.76. The third-order valence-electron chi connectivity index (χ3n) is 3.05. The zero-order valence-electron chi connectivity index (χ0n) is 9.67. The van der Waals surface area contributed by atoms with Crippen LogP contribution in [0.5, 0.6) is 0 Å². The number of alkyl carbamates (subject to hydrolysis) is 1. The van der Waals surface area contributed by atoms with E-state index in [2.05, 4.69) is 10.6 Å². The molecule has 0 aromatic heterocycles. The van der Waals surface area contributed by atoms with Gasteiger partial charge < -0.3 is 15.4 Å². The van der Waals surface area contributed by atoms with Crippen LogP contribution in [-0.4, -0.2) is 30.8 Å². The van der Waals surface area contributed by atoms with E-state index in [4.69, 9.17) is 4.74 Å². The van der Waals surface area contributed by atoms with Crippen LogP contribution in [0, 0.1) is 11.8 Å². The van der Waals surface area contributed by atoms with E-state index in [9.17, 15) is 4.79 Å². The largest absolute Gasteiger partial charge is 0.444 e. The highest BCUT2D eigenvalue weighted by Gasteiger charge is 2.51. The molecule has 4 heteroatoms. The number of amides is 1. The lowest BCUT2D eigenvalue weighted by atomic mass is 10.2. The van der Waals surface area contributed by atoms with Crippen LogP contribution in [0.4, 0.5) is 4.79 Å². The van der Waals surface area contributed by atoms with Crippen LogP contribution in [0.25, 0.3) is 0 Å². The first-order valence-corrected chi connectivity index (χ1v) is 5.67. The molecule has 2 fully saturated rings. The van der Waals surface area contributed by atoms with Gasteiger partial charge in [0.25, 0.3) is 0 Å². The third kappa shape index (κ3) is 2.62. The Kier molecular flexibility index (Phi) is 2.63. The van der Waals surface area contributed by atoms with Crippen molar-refractivity contribution in [3.63, 3.8) is 0 Å². The van der Waals surface area contributed by atoms with Gasteiger partial charge in [-0.05, 0) is 45.6 Å². The molecule has 1 aliphatic carbocycles. The van der Waals surface area contributed by atoms with Crippen molar-refractivity contribution >= 4 is 6.09 Å². The second-order valence-electron chi connectivity index (χ2n) is 5.49. The fourth-order valence-electron chi connectivity index (χ4n) is 2.31. The quantitative estimate of drug-likeness (QED) is 0.685. The molecular weight excluding hydrogens is 192 g/mol. The van der Waals surface area contributed by atoms with Gasteiger partial charge in [-0.1, -0.05) is 0 Å². The summed E-state index contributed by atoms with van der Waals surface area (Å²) in [5.74, 6) is 1.31. The monoisotopic (exact) mass is 212 g/mol. The Bertz CT molecular complexity index is 248. The first kappa shape index (κ1) is 10.7. The number of piperidine rings is 1. The summed E-state index contributed by atoms with van der Waals surface area (Å²) in [4.78, 5) is 11.5. The summed E-state index contributed by atoms with van der Waals surface area (Å²) in [6.45, 7) is 7.76. The zero-order chi connectivity index (χ0) is 11.1. The van der Waals surface area contributed by atoms with E-state index in [-0.39, 0.29) is 6.09 Å². The zero-order valence-corrected chi connectivity index (χ0v) is 9.67. The number of hydrogen-bond donors (Lipinski definition) is 2. The second kappa shape index (κ2) is 3.67. The number of rotatable bonds is 1. The molecule has 1 amide bonds. The highest BCUT2D eigenvalue weighted by molar-refractivity contribution is 5.68. The SMILES string of the molecule is CC(C)(C)OC(=O)N[C@@H]1[C@@H]2CCNC[C@@H]21. The van der Waals surface area contributed by atoms with Gasteiger partial charge in [0.15, 0.2) is 0 Å². The lowest BCUT2D eigenvalue weighted by Gasteiger charge is -2.19. The minimum atomic E-state index is -0.400. The molecule has 2 N–H and O–H groups in total. The summed E-state index contributed by atoms with van der Waals surface area (Å²) in [6, 6.07) is 0.342. The molecule has 1 saturated carbocycles. The van der Waals surface area contributed by atoms with Crippen LogP contribution in [0.15, 0.2) is 0 Å². The smallest absolute Gasteiger partial charge is 0.407 e. The van der Waals surface area contributed by atoms with E-state index in [1.54, 1.807) is 0 Å². The molecule has 1 heterocycles. The molecule has 2 aliphatic rings. The van der Waals surface area contributed by atoms with Crippen molar-refractivity contribution in [2.45, 2.75) is 38.8 Å². The summed E-state index contributed by atoms with van der Waals surface area (Å²) < 4.78 is 5.22. The lowest BCUT2D eigenvalue weighted by Crippen LogP contribution is -2.35. The summed E-state index contributed by atoms with van der Waals surface area (Å²) >= 11 is 0. The molecule has 15 heavy (non-hydrogen) atoms. The number of ether oxygens (including phenoxy) is 1. The highest BCUT2D eigenvalue weighted by atomic mass is 16.6. The van der Waals surface area contributed by atoms with Gasteiger partial charge in [-0.2, -0.15) is 0 Å². The molecule has 1 aliphatic heterocycles. The van der Waals surface area contributed by atoms with Crippen LogP contribution in [0.3, 0.4) is 0 Å². The van der Waals surface area contributed by atoms with Gasteiger partial charge >= 0.3 is 6.09 Å². The standard InChI is InChI=1S/C11H20N2O2/c1-11(2,3)15-10(14)13-9-7-4-5-12-6-8(7)9/h7-9,12H,4-6H2,1-3H3,(H,13,14)/t7-,8+,9-/m1/s1. The molecule has 3 atom stereocenters. The molecular formula is C11H20N2O2. The minimum absolute atomic E-state index is 0.276. The second-order valence-corrected chi connectivity index (χ2v) is 5.49. The number of fused-ring (bicyclic) bond motifs is 1. The molecule has 0 aromatic carbocycles. The van der Waals surface area contributed by atoms with Crippen LogP contribution < -0.4 is 10.6 Å². The summed E-state index contributed by atoms with van der Waals surface area (Å²) in [5.41, 5.74) is -0.400. The first-order valence-electron chi connectivity index (χ1n) is 5.67. The number of hydrogen-bond acceptors (Lipinski definition) is 3. The van der Waals surface area contributed by atoms with Gasteiger partial charge in [0.05, 0.1) is 0 Å². The Labute approximate surface area is 90.8 Å². The predicted molar refractivity (Wildman–Crippen MR) is 57.6 cm³/mol. The molecule has 4 nitrogen and oxygen atoms in total. The molecule has 0 unspecified atom stereocenters. The fraction of sp³-hybridized carbons (Fsp3) is 0.909. The minimum Gasteiger partial charge on any atom is -0.444 e. The topological polar surface area (TPSA) is 50.4 Å². The highest BCUT2D eigenvalue weighted by Crippen LogP contribution is 2.43. The van der Waals surface area contributed by atoms with E-state index in [0.717, 1.165) is 13.1 Å². The van der Waals surface area contributed by atoms with Gasteiger partial charge in [-0.3, -0.25) is 0 Å². The number of nitrogens with one attached hydrogen (secondary N) is 2. The Morgan fingerprint density at radius 3 is 2.67 bits per heavy atom. The van der Waals surface area contributed by atoms with E-state index < -0.39 is 5.60 Å². The Morgan fingerprint density at radius 1 is 1.40 bits per heavy atom. The van der Waals surface area contributed by atoms with Gasteiger partial charge in [0.1, 0.15) is 5.60 Å². The predicted octanol–water partition coefficient (Wildman–Crippen LogP) is 1.12. The molecule has 1 saturated heterocycles. The van der Waals surface area contributed by atoms with E-state index in [1.807, 2.05) is 20.8 Å². The van der Waals surface area contributed by atoms with Crippen molar-refractivity contribution in [3.8, 4) is 0 Å². The normalized spacial score (nSPS) is 34.2. The fourth-order valence-corrected chi connectivity index (χ4v) is 2.31.